The minimum absolute atomic E-state index is 0.472. The summed E-state index contributed by atoms with van der Waals surface area (Å²) in [4.78, 5) is 2.81. The number of aryl methyl sites for hydroxylation is 1. The lowest BCUT2D eigenvalue weighted by atomic mass is 9.76. The van der Waals surface area contributed by atoms with Crippen molar-refractivity contribution in [2.24, 2.45) is 5.41 Å². The van der Waals surface area contributed by atoms with Crippen molar-refractivity contribution in [3.63, 3.8) is 0 Å². The van der Waals surface area contributed by atoms with Crippen LogP contribution in [0.25, 0.3) is 0 Å². The van der Waals surface area contributed by atoms with Crippen LogP contribution in [0.4, 0.5) is 0 Å². The molecule has 1 heterocycles. The van der Waals surface area contributed by atoms with Crippen molar-refractivity contribution < 1.29 is 4.74 Å². The quantitative estimate of drug-likeness (QED) is 0.870. The lowest BCUT2D eigenvalue weighted by Gasteiger charge is -2.34. The van der Waals surface area contributed by atoms with Crippen LogP contribution in [-0.2, 0) is 17.9 Å². The van der Waals surface area contributed by atoms with Crippen LogP contribution in [0.2, 0.25) is 0 Å². The molecule has 1 saturated carbocycles. The second-order valence-electron chi connectivity index (χ2n) is 6.50. The first-order valence-corrected chi connectivity index (χ1v) is 8.16. The number of hydrogen-bond acceptors (Lipinski definition) is 3. The van der Waals surface area contributed by atoms with Crippen LogP contribution in [0.5, 0.6) is 0 Å². The van der Waals surface area contributed by atoms with Gasteiger partial charge >= 0.3 is 0 Å². The first-order chi connectivity index (χ1) is 9.00. The van der Waals surface area contributed by atoms with Crippen LogP contribution in [0.1, 0.15) is 54.8 Å². The Morgan fingerprint density at radius 2 is 2.05 bits per heavy atom. The van der Waals surface area contributed by atoms with Gasteiger partial charge in [0.25, 0.3) is 0 Å². The summed E-state index contributed by atoms with van der Waals surface area (Å²) in [5.41, 5.74) is 1.90. The molecule has 1 aromatic rings. The van der Waals surface area contributed by atoms with E-state index in [1.54, 1.807) is 0 Å². The standard InChI is InChI=1S/C16H27NOS/c1-12-13(9-15(19-12)10-17-4)11-18-14-5-7-16(2,3)8-6-14/h9,14,17H,5-8,10-11H2,1-4H3. The van der Waals surface area contributed by atoms with E-state index in [0.717, 1.165) is 13.2 Å². The van der Waals surface area contributed by atoms with Crippen LogP contribution in [-0.4, -0.2) is 13.2 Å². The predicted octanol–water partition coefficient (Wildman–Crippen LogP) is 4.26. The molecule has 1 aromatic heterocycles. The smallest absolute Gasteiger partial charge is 0.0731 e. The summed E-state index contributed by atoms with van der Waals surface area (Å²) in [6, 6.07) is 2.29. The monoisotopic (exact) mass is 281 g/mol. The first-order valence-electron chi connectivity index (χ1n) is 7.34. The predicted molar refractivity (Wildman–Crippen MR) is 82.6 cm³/mol. The fourth-order valence-electron chi connectivity index (χ4n) is 2.74. The average molecular weight is 281 g/mol. The van der Waals surface area contributed by atoms with Crippen molar-refractivity contribution in [1.29, 1.82) is 0 Å². The second-order valence-corrected chi connectivity index (χ2v) is 7.84. The average Bonchev–Trinajstić information content (AvgIpc) is 2.69. The molecular formula is C16H27NOS. The Hall–Kier alpha value is -0.380. The molecule has 0 atom stereocenters. The number of hydrogen-bond donors (Lipinski definition) is 1. The van der Waals surface area contributed by atoms with Crippen LogP contribution in [0.3, 0.4) is 0 Å². The van der Waals surface area contributed by atoms with Crippen LogP contribution in [0.15, 0.2) is 6.07 Å². The van der Waals surface area contributed by atoms with E-state index in [1.165, 1.54) is 41.0 Å². The maximum Gasteiger partial charge on any atom is 0.0731 e. The molecule has 19 heavy (non-hydrogen) atoms. The van der Waals surface area contributed by atoms with Gasteiger partial charge in [-0.3, -0.25) is 0 Å². The number of rotatable bonds is 5. The van der Waals surface area contributed by atoms with Gasteiger partial charge in [-0.2, -0.15) is 0 Å². The lowest BCUT2D eigenvalue weighted by molar-refractivity contribution is -0.00563. The zero-order valence-corrected chi connectivity index (χ0v) is 13.5. The van der Waals surface area contributed by atoms with Crippen molar-refractivity contribution in [2.75, 3.05) is 7.05 Å². The third-order valence-corrected chi connectivity index (χ3v) is 5.28. The molecule has 0 aliphatic heterocycles. The zero-order valence-electron chi connectivity index (χ0n) is 12.7. The summed E-state index contributed by atoms with van der Waals surface area (Å²) in [5.74, 6) is 0. The number of ether oxygens (including phenoxy) is 1. The second kappa shape index (κ2) is 6.38. The number of nitrogens with one attached hydrogen (secondary N) is 1. The summed E-state index contributed by atoms with van der Waals surface area (Å²) in [5, 5.41) is 3.21. The molecule has 0 radical (unpaired) electrons. The molecule has 0 aromatic carbocycles. The summed E-state index contributed by atoms with van der Waals surface area (Å²) in [7, 11) is 2.00. The van der Waals surface area contributed by atoms with Crippen molar-refractivity contribution >= 4 is 11.3 Å². The van der Waals surface area contributed by atoms with Crippen molar-refractivity contribution in [3.8, 4) is 0 Å². The Labute approximate surface area is 121 Å². The Morgan fingerprint density at radius 3 is 2.68 bits per heavy atom. The fraction of sp³-hybridized carbons (Fsp3) is 0.750. The minimum Gasteiger partial charge on any atom is -0.374 e. The molecule has 108 valence electrons. The van der Waals surface area contributed by atoms with E-state index in [-0.39, 0.29) is 0 Å². The molecule has 0 spiro atoms. The molecule has 0 bridgehead atoms. The lowest BCUT2D eigenvalue weighted by Crippen LogP contribution is -2.26. The van der Waals surface area contributed by atoms with Gasteiger partial charge in [0.2, 0.25) is 0 Å². The van der Waals surface area contributed by atoms with Gasteiger partial charge in [-0.05, 0) is 56.7 Å². The van der Waals surface area contributed by atoms with Gasteiger partial charge in [0.15, 0.2) is 0 Å². The normalized spacial score (nSPS) is 19.8. The number of thiophene rings is 1. The Kier molecular flexibility index (Phi) is 5.04. The van der Waals surface area contributed by atoms with E-state index in [2.05, 4.69) is 32.2 Å². The molecule has 1 aliphatic carbocycles. The summed E-state index contributed by atoms with van der Waals surface area (Å²) < 4.78 is 6.12. The topological polar surface area (TPSA) is 21.3 Å². The van der Waals surface area contributed by atoms with Gasteiger partial charge in [0.05, 0.1) is 12.7 Å². The van der Waals surface area contributed by atoms with Gasteiger partial charge in [-0.15, -0.1) is 11.3 Å². The molecule has 0 unspecified atom stereocenters. The highest BCUT2D eigenvalue weighted by Crippen LogP contribution is 2.36. The van der Waals surface area contributed by atoms with Crippen molar-refractivity contribution in [2.45, 2.75) is 65.7 Å². The highest BCUT2D eigenvalue weighted by molar-refractivity contribution is 7.12. The van der Waals surface area contributed by atoms with Crippen molar-refractivity contribution in [1.82, 2.24) is 5.32 Å². The summed E-state index contributed by atoms with van der Waals surface area (Å²) in [6.07, 6.45) is 5.51. The zero-order chi connectivity index (χ0) is 13.9. The Balaban J connectivity index is 1.82. The van der Waals surface area contributed by atoms with Crippen LogP contribution >= 0.6 is 11.3 Å². The maximum absolute atomic E-state index is 6.12. The molecule has 3 heteroatoms. The van der Waals surface area contributed by atoms with E-state index in [0.29, 0.717) is 11.5 Å². The molecule has 0 saturated heterocycles. The maximum atomic E-state index is 6.12. The van der Waals surface area contributed by atoms with Gasteiger partial charge in [-0.25, -0.2) is 0 Å². The third kappa shape index (κ3) is 4.30. The van der Waals surface area contributed by atoms with Gasteiger partial charge < -0.3 is 10.1 Å². The Morgan fingerprint density at radius 1 is 1.37 bits per heavy atom. The van der Waals surface area contributed by atoms with Gasteiger partial charge in [-0.1, -0.05) is 13.8 Å². The molecule has 1 N–H and O–H groups in total. The minimum atomic E-state index is 0.472. The molecule has 0 amide bonds. The molecule has 2 rings (SSSR count). The van der Waals surface area contributed by atoms with Gasteiger partial charge in [0.1, 0.15) is 0 Å². The van der Waals surface area contributed by atoms with E-state index in [9.17, 15) is 0 Å². The van der Waals surface area contributed by atoms with E-state index in [4.69, 9.17) is 4.74 Å². The molecule has 1 aliphatic rings. The Bertz CT molecular complexity index is 401. The summed E-state index contributed by atoms with van der Waals surface area (Å²) >= 11 is 1.88. The third-order valence-electron chi connectivity index (χ3n) is 4.18. The van der Waals surface area contributed by atoms with Crippen LogP contribution < -0.4 is 5.32 Å². The van der Waals surface area contributed by atoms with Crippen LogP contribution in [0, 0.1) is 12.3 Å². The molecular weight excluding hydrogens is 254 g/mol. The SMILES string of the molecule is CNCc1cc(COC2CCC(C)(C)CC2)c(C)s1. The fourth-order valence-corrected chi connectivity index (χ4v) is 3.80. The van der Waals surface area contributed by atoms with E-state index >= 15 is 0 Å². The van der Waals surface area contributed by atoms with Crippen molar-refractivity contribution in [3.05, 3.63) is 21.4 Å². The summed E-state index contributed by atoms with van der Waals surface area (Å²) in [6.45, 7) is 8.69. The van der Waals surface area contributed by atoms with E-state index in [1.807, 2.05) is 18.4 Å². The largest absolute Gasteiger partial charge is 0.374 e. The highest BCUT2D eigenvalue weighted by Gasteiger charge is 2.27. The highest BCUT2D eigenvalue weighted by atomic mass is 32.1. The van der Waals surface area contributed by atoms with E-state index < -0.39 is 0 Å². The molecule has 2 nitrogen and oxygen atoms in total. The van der Waals surface area contributed by atoms with Gasteiger partial charge in [0, 0.05) is 16.3 Å². The first kappa shape index (κ1) is 15.0. The molecule has 1 fully saturated rings.